The van der Waals surface area contributed by atoms with Crippen LogP contribution in [-0.2, 0) is 17.8 Å². The molecule has 2 saturated heterocycles. The molecule has 0 spiro atoms. The van der Waals surface area contributed by atoms with Gasteiger partial charge in [-0.15, -0.1) is 0 Å². The molecule has 0 aromatic heterocycles. The maximum Gasteiger partial charge on any atom is 0.321 e. The van der Waals surface area contributed by atoms with Crippen LogP contribution in [-0.4, -0.2) is 41.1 Å². The fourth-order valence-electron chi connectivity index (χ4n) is 3.51. The molecule has 23 heavy (non-hydrogen) atoms. The van der Waals surface area contributed by atoms with Crippen LogP contribution in [0.25, 0.3) is 0 Å². The molecule has 2 fully saturated rings. The number of hydrogen-bond acceptors (Lipinski definition) is 2. The number of urea groups is 1. The minimum atomic E-state index is 0.121. The number of carbonyl (C=O) groups excluding carboxylic acids is 1. The Morgan fingerprint density at radius 3 is 1.65 bits per heavy atom. The van der Waals surface area contributed by atoms with Crippen LogP contribution in [0.4, 0.5) is 4.79 Å². The summed E-state index contributed by atoms with van der Waals surface area (Å²) in [5.74, 6) is 0. The lowest BCUT2D eigenvalue weighted by Crippen LogP contribution is -2.36. The van der Waals surface area contributed by atoms with E-state index in [1.165, 1.54) is 0 Å². The van der Waals surface area contributed by atoms with Crippen LogP contribution in [0.1, 0.15) is 11.1 Å². The molecule has 2 aliphatic heterocycles. The normalized spacial score (nSPS) is 23.4. The Labute approximate surface area is 136 Å². The summed E-state index contributed by atoms with van der Waals surface area (Å²) in [6, 6.07) is 20.8. The second-order valence-electron chi connectivity index (χ2n) is 6.18. The zero-order valence-corrected chi connectivity index (χ0v) is 13.0. The van der Waals surface area contributed by atoms with Gasteiger partial charge in [0.15, 0.2) is 0 Å². The fourth-order valence-corrected chi connectivity index (χ4v) is 3.51. The molecule has 2 aromatic carbocycles. The second-order valence-corrected chi connectivity index (χ2v) is 6.18. The zero-order chi connectivity index (χ0) is 15.6. The van der Waals surface area contributed by atoms with E-state index in [0.29, 0.717) is 26.3 Å². The lowest BCUT2D eigenvalue weighted by molar-refractivity contribution is 0.123. The molecular weight excluding hydrogens is 288 g/mol. The maximum absolute atomic E-state index is 12.9. The molecule has 2 aliphatic rings. The molecule has 0 saturated carbocycles. The standard InChI is InChI=1S/C19H20N2O2/c22-19-20(11-15-7-3-1-4-8-15)17-13-23-14-18(17)21(19)12-16-9-5-2-6-10-16/h1-10,17-18H,11-14H2/t17-,18+. The van der Waals surface area contributed by atoms with E-state index in [9.17, 15) is 4.79 Å². The molecule has 0 radical (unpaired) electrons. The fraction of sp³-hybridized carbons (Fsp3) is 0.316. The lowest BCUT2D eigenvalue weighted by atomic mass is 10.1. The topological polar surface area (TPSA) is 32.8 Å². The van der Waals surface area contributed by atoms with Gasteiger partial charge in [0.2, 0.25) is 0 Å². The van der Waals surface area contributed by atoms with Gasteiger partial charge in [0.05, 0.1) is 25.3 Å². The third-order valence-electron chi connectivity index (χ3n) is 4.70. The number of rotatable bonds is 4. The minimum Gasteiger partial charge on any atom is -0.377 e. The van der Waals surface area contributed by atoms with Crippen LogP contribution in [0.5, 0.6) is 0 Å². The third-order valence-corrected chi connectivity index (χ3v) is 4.70. The Kier molecular flexibility index (Phi) is 3.75. The van der Waals surface area contributed by atoms with Crippen LogP contribution < -0.4 is 0 Å². The summed E-state index contributed by atoms with van der Waals surface area (Å²) >= 11 is 0. The number of fused-ring (bicyclic) bond motifs is 1. The van der Waals surface area contributed by atoms with Crippen molar-refractivity contribution in [2.24, 2.45) is 0 Å². The molecule has 118 valence electrons. The van der Waals surface area contributed by atoms with E-state index in [-0.39, 0.29) is 18.1 Å². The minimum absolute atomic E-state index is 0.121. The smallest absolute Gasteiger partial charge is 0.321 e. The predicted octanol–water partition coefficient (Wildman–Crippen LogP) is 2.89. The van der Waals surface area contributed by atoms with Crippen LogP contribution in [0.3, 0.4) is 0 Å². The van der Waals surface area contributed by atoms with E-state index in [1.54, 1.807) is 0 Å². The van der Waals surface area contributed by atoms with Gasteiger partial charge in [-0.05, 0) is 11.1 Å². The van der Waals surface area contributed by atoms with Crippen molar-refractivity contribution >= 4 is 6.03 Å². The van der Waals surface area contributed by atoms with Crippen molar-refractivity contribution in [2.45, 2.75) is 25.2 Å². The number of hydrogen-bond donors (Lipinski definition) is 0. The summed E-state index contributed by atoms with van der Waals surface area (Å²) < 4.78 is 5.66. The summed E-state index contributed by atoms with van der Waals surface area (Å²) in [7, 11) is 0. The van der Waals surface area contributed by atoms with Crippen LogP contribution in [0, 0.1) is 0 Å². The molecule has 0 N–H and O–H groups in total. The molecular formula is C19H20N2O2. The summed E-state index contributed by atoms with van der Waals surface area (Å²) in [4.78, 5) is 16.9. The van der Waals surface area contributed by atoms with Crippen LogP contribution >= 0.6 is 0 Å². The van der Waals surface area contributed by atoms with E-state index >= 15 is 0 Å². The van der Waals surface area contributed by atoms with Crippen molar-refractivity contribution in [3.05, 3.63) is 71.8 Å². The Hall–Kier alpha value is -2.33. The highest BCUT2D eigenvalue weighted by Gasteiger charge is 2.48. The molecule has 0 unspecified atom stereocenters. The number of carbonyl (C=O) groups is 1. The lowest BCUT2D eigenvalue weighted by Gasteiger charge is -2.22. The van der Waals surface area contributed by atoms with E-state index in [1.807, 2.05) is 46.2 Å². The van der Waals surface area contributed by atoms with Gasteiger partial charge in [0.1, 0.15) is 0 Å². The van der Waals surface area contributed by atoms with Crippen LogP contribution in [0.15, 0.2) is 60.7 Å². The summed E-state index contributed by atoms with van der Waals surface area (Å²) in [5.41, 5.74) is 2.32. The average molecular weight is 308 g/mol. The van der Waals surface area contributed by atoms with Crippen molar-refractivity contribution in [1.82, 2.24) is 9.80 Å². The zero-order valence-electron chi connectivity index (χ0n) is 13.0. The van der Waals surface area contributed by atoms with Gasteiger partial charge >= 0.3 is 6.03 Å². The Balaban J connectivity index is 1.56. The van der Waals surface area contributed by atoms with E-state index in [4.69, 9.17) is 4.74 Å². The van der Waals surface area contributed by atoms with Gasteiger partial charge in [-0.3, -0.25) is 0 Å². The van der Waals surface area contributed by atoms with Crippen molar-refractivity contribution in [2.75, 3.05) is 13.2 Å². The number of amides is 2. The number of ether oxygens (including phenoxy) is 1. The van der Waals surface area contributed by atoms with Gasteiger partial charge in [-0.1, -0.05) is 60.7 Å². The number of benzene rings is 2. The van der Waals surface area contributed by atoms with Crippen molar-refractivity contribution in [3.63, 3.8) is 0 Å². The second kappa shape index (κ2) is 6.05. The van der Waals surface area contributed by atoms with E-state index in [0.717, 1.165) is 11.1 Å². The molecule has 2 atom stereocenters. The molecule has 2 aromatic rings. The number of nitrogens with zero attached hydrogens (tertiary/aromatic N) is 2. The summed E-state index contributed by atoms with van der Waals surface area (Å²) in [6.45, 7) is 2.56. The first-order valence-electron chi connectivity index (χ1n) is 8.06. The van der Waals surface area contributed by atoms with E-state index < -0.39 is 0 Å². The molecule has 4 rings (SSSR count). The van der Waals surface area contributed by atoms with Gasteiger partial charge in [-0.2, -0.15) is 0 Å². The summed E-state index contributed by atoms with van der Waals surface area (Å²) in [6.07, 6.45) is 0. The van der Waals surface area contributed by atoms with Gasteiger partial charge in [0.25, 0.3) is 0 Å². The monoisotopic (exact) mass is 308 g/mol. The quantitative estimate of drug-likeness (QED) is 0.870. The molecule has 0 bridgehead atoms. The SMILES string of the molecule is O=C1N(Cc2ccccc2)[C@@H]2COC[C@@H]2N1Cc1ccccc1. The van der Waals surface area contributed by atoms with Gasteiger partial charge in [0, 0.05) is 13.1 Å². The molecule has 2 heterocycles. The summed E-state index contributed by atoms with van der Waals surface area (Å²) in [5, 5.41) is 0. The van der Waals surface area contributed by atoms with Gasteiger partial charge in [-0.25, -0.2) is 4.79 Å². The van der Waals surface area contributed by atoms with Crippen molar-refractivity contribution in [1.29, 1.82) is 0 Å². The Morgan fingerprint density at radius 2 is 1.22 bits per heavy atom. The highest BCUT2D eigenvalue weighted by atomic mass is 16.5. The maximum atomic E-state index is 12.9. The van der Waals surface area contributed by atoms with Crippen LogP contribution in [0.2, 0.25) is 0 Å². The first-order valence-corrected chi connectivity index (χ1v) is 8.06. The Bertz CT molecular complexity index is 617. The van der Waals surface area contributed by atoms with Crippen molar-refractivity contribution < 1.29 is 9.53 Å². The van der Waals surface area contributed by atoms with Gasteiger partial charge < -0.3 is 14.5 Å². The predicted molar refractivity (Wildman–Crippen MR) is 87.8 cm³/mol. The highest BCUT2D eigenvalue weighted by molar-refractivity contribution is 5.78. The molecule has 4 nitrogen and oxygen atoms in total. The third kappa shape index (κ3) is 2.70. The molecule has 0 aliphatic carbocycles. The molecule has 2 amide bonds. The Morgan fingerprint density at radius 1 is 0.783 bits per heavy atom. The largest absolute Gasteiger partial charge is 0.377 e. The van der Waals surface area contributed by atoms with Crippen molar-refractivity contribution in [3.8, 4) is 0 Å². The van der Waals surface area contributed by atoms with E-state index in [2.05, 4.69) is 24.3 Å². The molecule has 4 heteroatoms. The first-order chi connectivity index (χ1) is 11.3. The first kappa shape index (κ1) is 14.3. The average Bonchev–Trinajstić information content (AvgIpc) is 3.15. The highest BCUT2D eigenvalue weighted by Crippen LogP contribution is 2.30.